The van der Waals surface area contributed by atoms with Crippen LogP contribution in [0.5, 0.6) is 0 Å². The third-order valence-corrected chi connectivity index (χ3v) is 21.0. The van der Waals surface area contributed by atoms with Crippen LogP contribution in [-0.2, 0) is 42.7 Å². The van der Waals surface area contributed by atoms with Gasteiger partial charge in [-0.15, -0.1) is 0 Å². The molecule has 75 heavy (non-hydrogen) atoms. The van der Waals surface area contributed by atoms with Crippen LogP contribution in [0.4, 0.5) is 0 Å². The Labute approximate surface area is 437 Å². The van der Waals surface area contributed by atoms with E-state index in [9.17, 15) is 71.2 Å². The quantitative estimate of drug-likeness (QED) is 0.0643. The van der Waals surface area contributed by atoms with Gasteiger partial charge in [0.25, 0.3) is 0 Å². The van der Waals surface area contributed by atoms with E-state index in [0.29, 0.717) is 19.3 Å². The largest absolute Gasteiger partial charge is 0.432 e. The summed E-state index contributed by atoms with van der Waals surface area (Å²) >= 11 is 0. The van der Waals surface area contributed by atoms with Crippen LogP contribution < -0.4 is 0 Å². The van der Waals surface area contributed by atoms with Crippen molar-refractivity contribution in [2.45, 2.75) is 235 Å². The van der Waals surface area contributed by atoms with Gasteiger partial charge in [-0.25, -0.2) is 0 Å². The molecule has 4 heterocycles. The Balaban J connectivity index is 0.875. The minimum atomic E-state index is -1.80. The number of fused-ring (bicyclic) bond motifs is 7. The average Bonchev–Trinajstić information content (AvgIpc) is 3.36. The van der Waals surface area contributed by atoms with Gasteiger partial charge in [-0.2, -0.15) is 0 Å². The SMILES string of the molecule is CC1(C)CC[C@@]2(C(=O)O[C@H]3O[C@@H](CO)[C@@H](O)[C@@H](O)[C@H]3O)CC[C@@]3(C)C(=CC[C@@H]4[C@]5(C)CC[C@H](O[C@H]6O[C@H](CO[C@@H]7O[C@@H](CO[C@@H]8OC[C@H](O)[C@H](O)[C@H]8O)[C@@H](O)[C@@H](O)[C@@H]7O)[C@@H](O)[C@@H](O)[C@@H]6O)C(C)(C)[C@H]5CC[C@]43C)[C@H]2C1. The predicted molar refractivity (Wildman–Crippen MR) is 257 cm³/mol. The third-order valence-electron chi connectivity index (χ3n) is 21.0. The Morgan fingerprint density at radius 2 is 1.13 bits per heavy atom. The fourth-order valence-corrected chi connectivity index (χ4v) is 16.0. The number of carbonyl (C=O) groups is 1. The molecule has 0 radical (unpaired) electrons. The van der Waals surface area contributed by atoms with Crippen LogP contribution in [0.3, 0.4) is 0 Å². The summed E-state index contributed by atoms with van der Waals surface area (Å²) in [5.74, 6) is -0.267. The molecule has 0 aromatic heterocycles. The predicted octanol–water partition coefficient (Wildman–Crippen LogP) is -1.40. The molecule has 4 aliphatic heterocycles. The highest BCUT2D eigenvalue weighted by Crippen LogP contribution is 2.76. The van der Waals surface area contributed by atoms with Crippen molar-refractivity contribution in [1.82, 2.24) is 0 Å². The molecule has 4 saturated heterocycles. The van der Waals surface area contributed by atoms with Crippen molar-refractivity contribution in [3.05, 3.63) is 11.6 Å². The molecule has 0 spiro atoms. The molecule has 0 aromatic carbocycles. The first-order valence-corrected chi connectivity index (χ1v) is 27.2. The fraction of sp³-hybridized carbons (Fsp3) is 0.943. The summed E-state index contributed by atoms with van der Waals surface area (Å²) in [4.78, 5) is 14.7. The lowest BCUT2D eigenvalue weighted by atomic mass is 9.33. The number of hydrogen-bond acceptors (Lipinski definition) is 22. The molecule has 4 saturated carbocycles. The van der Waals surface area contributed by atoms with Gasteiger partial charge in [0, 0.05) is 0 Å². The van der Waals surface area contributed by atoms with Gasteiger partial charge < -0.3 is 104 Å². The second-order valence-corrected chi connectivity index (χ2v) is 25.9. The van der Waals surface area contributed by atoms with Crippen LogP contribution in [0, 0.1) is 50.2 Å². The van der Waals surface area contributed by atoms with Crippen LogP contribution in [0.15, 0.2) is 11.6 Å². The van der Waals surface area contributed by atoms with Crippen molar-refractivity contribution in [3.63, 3.8) is 0 Å². The van der Waals surface area contributed by atoms with Crippen molar-refractivity contribution in [2.24, 2.45) is 50.2 Å². The first-order chi connectivity index (χ1) is 35.1. The van der Waals surface area contributed by atoms with Gasteiger partial charge in [0.2, 0.25) is 6.29 Å². The number of ether oxygens (including phenoxy) is 8. The smallest absolute Gasteiger partial charge is 0.315 e. The van der Waals surface area contributed by atoms with Crippen LogP contribution >= 0.6 is 0 Å². The van der Waals surface area contributed by atoms with E-state index in [2.05, 4.69) is 54.5 Å². The zero-order valence-electron chi connectivity index (χ0n) is 44.2. The number of allylic oxidation sites excluding steroid dienone is 2. The molecule has 0 aromatic rings. The molecular weight excluding hydrogens is 989 g/mol. The molecule has 22 heteroatoms. The summed E-state index contributed by atoms with van der Waals surface area (Å²) in [5.41, 5.74) is -0.820. The Morgan fingerprint density at radius 3 is 1.77 bits per heavy atom. The Bertz CT molecular complexity index is 2060. The van der Waals surface area contributed by atoms with E-state index in [1.54, 1.807) is 0 Å². The first kappa shape index (κ1) is 58.1. The van der Waals surface area contributed by atoms with Gasteiger partial charge in [0.15, 0.2) is 18.9 Å². The molecule has 0 unspecified atom stereocenters. The van der Waals surface area contributed by atoms with E-state index in [-0.39, 0.29) is 46.0 Å². The van der Waals surface area contributed by atoms with Crippen molar-refractivity contribution in [2.75, 3.05) is 26.4 Å². The summed E-state index contributed by atoms with van der Waals surface area (Å²) in [5, 5.41) is 138. The molecule has 0 bridgehead atoms. The third kappa shape index (κ3) is 9.70. The Kier molecular flexibility index (Phi) is 16.3. The lowest BCUT2D eigenvalue weighted by Crippen LogP contribution is -2.66. The highest BCUT2D eigenvalue weighted by atomic mass is 16.7. The molecule has 27 atom stereocenters. The molecule has 9 rings (SSSR count). The molecule has 5 aliphatic carbocycles. The molecule has 8 fully saturated rings. The maximum Gasteiger partial charge on any atom is 0.315 e. The number of rotatable bonds is 11. The first-order valence-electron chi connectivity index (χ1n) is 27.2. The van der Waals surface area contributed by atoms with Crippen LogP contribution in [-0.4, -0.2) is 222 Å². The topological polar surface area (TPSA) is 354 Å². The number of aliphatic hydroxyl groups excluding tert-OH is 13. The second kappa shape index (κ2) is 21.1. The van der Waals surface area contributed by atoms with E-state index < -0.39 is 159 Å². The van der Waals surface area contributed by atoms with Gasteiger partial charge >= 0.3 is 5.97 Å². The molecule has 13 N–H and O–H groups in total. The minimum absolute atomic E-state index is 0.0748. The summed E-state index contributed by atoms with van der Waals surface area (Å²) < 4.78 is 46.8. The van der Waals surface area contributed by atoms with Crippen molar-refractivity contribution in [3.8, 4) is 0 Å². The molecule has 9 aliphatic rings. The highest BCUT2D eigenvalue weighted by molar-refractivity contribution is 5.79. The molecule has 430 valence electrons. The van der Waals surface area contributed by atoms with E-state index in [4.69, 9.17) is 37.9 Å². The van der Waals surface area contributed by atoms with Crippen LogP contribution in [0.25, 0.3) is 0 Å². The monoisotopic (exact) mass is 1070 g/mol. The zero-order chi connectivity index (χ0) is 54.7. The summed E-state index contributed by atoms with van der Waals surface area (Å²) in [7, 11) is 0. The van der Waals surface area contributed by atoms with E-state index in [1.165, 1.54) is 5.57 Å². The van der Waals surface area contributed by atoms with Gasteiger partial charge in [-0.1, -0.05) is 60.1 Å². The number of hydrogen-bond donors (Lipinski definition) is 13. The Hall–Kier alpha value is -1.59. The van der Waals surface area contributed by atoms with Gasteiger partial charge in [0.1, 0.15) is 91.6 Å². The van der Waals surface area contributed by atoms with Gasteiger partial charge in [-0.05, 0) is 109 Å². The normalized spacial score (nSPS) is 53.5. The maximum absolute atomic E-state index is 14.7. The maximum atomic E-state index is 14.7. The number of esters is 1. The van der Waals surface area contributed by atoms with Gasteiger partial charge in [-0.3, -0.25) is 4.79 Å². The molecule has 0 amide bonds. The summed E-state index contributed by atoms with van der Waals surface area (Å²) in [6.45, 7) is 14.0. The highest BCUT2D eigenvalue weighted by Gasteiger charge is 2.70. The van der Waals surface area contributed by atoms with E-state index >= 15 is 0 Å². The summed E-state index contributed by atoms with van der Waals surface area (Å²) in [6.07, 6.45) is -20.5. The standard InChI is InChI=1S/C53H86O22/c1-48(2)14-16-53(47(67)75-46-42(66)36(60)33(57)26(19-54)71-46)17-15-51(6)23(24(53)18-48)8-9-30-50(5)12-11-31(49(3,4)29(50)10-13-52(30,51)7)74-45-41(65)38(62)35(59)28(73-45)22-70-44-40(64)37(61)34(58)27(72-44)21-69-43-39(63)32(56)25(55)20-68-43/h8,24-46,54-66H,9-22H2,1-7H3/t24-,25+,26+,27+,28-,29-,30-,31+,32+,33-,34-,35-,36-,37-,38-,39-,40+,41+,42-,43+,44-,45-,46-,50-,51+,52-,53-/m1/s1. The average molecular weight is 1080 g/mol. The minimum Gasteiger partial charge on any atom is -0.432 e. The zero-order valence-corrected chi connectivity index (χ0v) is 44.2. The number of carbonyl (C=O) groups excluding carboxylic acids is 1. The summed E-state index contributed by atoms with van der Waals surface area (Å²) in [6, 6.07) is 0. The van der Waals surface area contributed by atoms with Crippen LogP contribution in [0.1, 0.15) is 113 Å². The van der Waals surface area contributed by atoms with Crippen LogP contribution in [0.2, 0.25) is 0 Å². The van der Waals surface area contributed by atoms with Crippen molar-refractivity contribution in [1.29, 1.82) is 0 Å². The van der Waals surface area contributed by atoms with Crippen molar-refractivity contribution >= 4 is 5.97 Å². The van der Waals surface area contributed by atoms with Crippen molar-refractivity contribution < 1.29 is 109 Å². The lowest BCUT2D eigenvalue weighted by molar-refractivity contribution is -0.348. The second-order valence-electron chi connectivity index (χ2n) is 25.9. The fourth-order valence-electron chi connectivity index (χ4n) is 16.0. The Morgan fingerprint density at radius 1 is 0.587 bits per heavy atom. The number of aliphatic hydroxyl groups is 13. The molecule has 22 nitrogen and oxygen atoms in total. The van der Waals surface area contributed by atoms with Gasteiger partial charge in [0.05, 0.1) is 37.9 Å². The van der Waals surface area contributed by atoms with E-state index in [0.717, 1.165) is 44.9 Å². The molecular formula is C53H86O22. The van der Waals surface area contributed by atoms with E-state index in [1.807, 2.05) is 0 Å². The lowest BCUT2D eigenvalue weighted by Gasteiger charge is -2.71.